The van der Waals surface area contributed by atoms with E-state index in [1.165, 1.54) is 19.6 Å². The number of carbonyl (C=O) groups excluding carboxylic acids is 1. The first-order valence-corrected chi connectivity index (χ1v) is 8.90. The summed E-state index contributed by atoms with van der Waals surface area (Å²) in [6.07, 6.45) is -2.50. The third kappa shape index (κ3) is 3.25. The second-order valence-corrected chi connectivity index (χ2v) is 6.97. The summed E-state index contributed by atoms with van der Waals surface area (Å²) < 4.78 is 49.3. The lowest BCUT2D eigenvalue weighted by molar-refractivity contribution is -0.193. The van der Waals surface area contributed by atoms with Crippen LogP contribution in [0.1, 0.15) is 12.3 Å². The largest absolute Gasteiger partial charge is 0.405 e. The van der Waals surface area contributed by atoms with Crippen molar-refractivity contribution in [2.45, 2.75) is 24.6 Å². The Balaban J connectivity index is 1.60. The van der Waals surface area contributed by atoms with Gasteiger partial charge in [0.25, 0.3) is 0 Å². The number of rotatable bonds is 4. The summed E-state index contributed by atoms with van der Waals surface area (Å²) in [7, 11) is 1.45. The summed E-state index contributed by atoms with van der Waals surface area (Å²) >= 11 is 0. The van der Waals surface area contributed by atoms with Crippen molar-refractivity contribution in [3.63, 3.8) is 0 Å². The van der Waals surface area contributed by atoms with Gasteiger partial charge in [0.15, 0.2) is 5.41 Å². The van der Waals surface area contributed by atoms with Gasteiger partial charge in [0, 0.05) is 26.3 Å². The number of likely N-dealkylation sites (tertiary alicyclic amines) is 1. The van der Waals surface area contributed by atoms with Crippen LogP contribution in [0.4, 0.5) is 13.2 Å². The molecule has 0 bridgehead atoms. The molecule has 4 rings (SSSR count). The van der Waals surface area contributed by atoms with E-state index in [2.05, 4.69) is 20.2 Å². The van der Waals surface area contributed by atoms with Crippen LogP contribution in [0, 0.1) is 0 Å². The van der Waals surface area contributed by atoms with Gasteiger partial charge in [0.05, 0.1) is 0 Å². The summed E-state index contributed by atoms with van der Waals surface area (Å²) in [6, 6.07) is 4.84. The van der Waals surface area contributed by atoms with Crippen LogP contribution in [0.15, 0.2) is 40.0 Å². The van der Waals surface area contributed by atoms with E-state index in [0.29, 0.717) is 0 Å². The van der Waals surface area contributed by atoms with Crippen molar-refractivity contribution in [2.75, 3.05) is 13.1 Å². The minimum atomic E-state index is -4.74. The molecule has 1 aliphatic heterocycles. The zero-order chi connectivity index (χ0) is 21.5. The lowest BCUT2D eigenvalue weighted by Crippen LogP contribution is -2.46. The quantitative estimate of drug-likeness (QED) is 0.609. The molecule has 0 aliphatic carbocycles. The highest BCUT2D eigenvalue weighted by atomic mass is 19.4. The number of amides is 1. The maximum Gasteiger partial charge on any atom is 0.405 e. The van der Waals surface area contributed by atoms with Crippen molar-refractivity contribution in [1.82, 2.24) is 34.4 Å². The SMILES string of the molecule is Cn1cnn(CC(=O)N2CCC(c3nc(-c4ccccn4)no3)(C(F)(F)F)C2)c1=O. The highest BCUT2D eigenvalue weighted by Crippen LogP contribution is 2.47. The van der Waals surface area contributed by atoms with Gasteiger partial charge in [-0.05, 0) is 18.6 Å². The van der Waals surface area contributed by atoms with E-state index in [4.69, 9.17) is 4.52 Å². The Bertz CT molecular complexity index is 1120. The molecule has 0 N–H and O–H groups in total. The molecule has 1 atom stereocenters. The van der Waals surface area contributed by atoms with Crippen LogP contribution in [-0.4, -0.2) is 59.5 Å². The van der Waals surface area contributed by atoms with Crippen molar-refractivity contribution >= 4 is 5.91 Å². The summed E-state index contributed by atoms with van der Waals surface area (Å²) in [5.74, 6) is -1.36. The predicted octanol–water partition coefficient (Wildman–Crippen LogP) is 0.759. The number of aromatic nitrogens is 6. The highest BCUT2D eigenvalue weighted by Gasteiger charge is 2.63. The maximum atomic E-state index is 14.1. The molecule has 3 aromatic heterocycles. The first-order valence-electron chi connectivity index (χ1n) is 8.90. The van der Waals surface area contributed by atoms with Gasteiger partial charge < -0.3 is 9.42 Å². The van der Waals surface area contributed by atoms with Gasteiger partial charge in [-0.15, -0.1) is 0 Å². The fourth-order valence-corrected chi connectivity index (χ4v) is 3.32. The standard InChI is InChI=1S/C17H16F3N7O3/c1-25-10-22-27(15(25)29)8-12(28)26-7-5-16(9-26,17(18,19)20)14-23-13(24-30-14)11-4-2-3-6-21-11/h2-4,6,10H,5,7-9H2,1H3. The minimum Gasteiger partial charge on any atom is -0.340 e. The van der Waals surface area contributed by atoms with Crippen LogP contribution in [-0.2, 0) is 23.8 Å². The van der Waals surface area contributed by atoms with Crippen LogP contribution < -0.4 is 5.69 Å². The average Bonchev–Trinajstić information content (AvgIpc) is 3.44. The summed E-state index contributed by atoms with van der Waals surface area (Å²) in [6.45, 7) is -1.33. The Morgan fingerprint density at radius 3 is 2.77 bits per heavy atom. The Morgan fingerprint density at radius 2 is 2.13 bits per heavy atom. The van der Waals surface area contributed by atoms with E-state index in [1.54, 1.807) is 18.2 Å². The van der Waals surface area contributed by atoms with Crippen LogP contribution in [0.25, 0.3) is 11.5 Å². The fourth-order valence-electron chi connectivity index (χ4n) is 3.32. The summed E-state index contributed by atoms with van der Waals surface area (Å²) in [5.41, 5.74) is -2.77. The molecule has 4 heterocycles. The molecule has 1 amide bonds. The maximum absolute atomic E-state index is 14.1. The molecule has 0 aromatic carbocycles. The average molecular weight is 423 g/mol. The van der Waals surface area contributed by atoms with Crippen molar-refractivity contribution in [3.8, 4) is 11.5 Å². The van der Waals surface area contributed by atoms with Gasteiger partial charge in [-0.3, -0.25) is 14.3 Å². The first-order chi connectivity index (χ1) is 14.2. The van der Waals surface area contributed by atoms with Crippen molar-refractivity contribution in [2.24, 2.45) is 7.05 Å². The molecule has 0 spiro atoms. The van der Waals surface area contributed by atoms with E-state index in [1.807, 2.05) is 0 Å². The second-order valence-electron chi connectivity index (χ2n) is 6.97. The molecule has 1 fully saturated rings. The fraction of sp³-hybridized carbons (Fsp3) is 0.412. The minimum absolute atomic E-state index is 0.0703. The van der Waals surface area contributed by atoms with Crippen LogP contribution in [0.3, 0.4) is 0 Å². The lowest BCUT2D eigenvalue weighted by Gasteiger charge is -2.27. The van der Waals surface area contributed by atoms with Gasteiger partial charge in [0.1, 0.15) is 18.6 Å². The van der Waals surface area contributed by atoms with E-state index in [-0.39, 0.29) is 18.1 Å². The van der Waals surface area contributed by atoms with Gasteiger partial charge >= 0.3 is 11.9 Å². The van der Waals surface area contributed by atoms with Gasteiger partial charge in [-0.2, -0.15) is 23.3 Å². The zero-order valence-corrected chi connectivity index (χ0v) is 15.7. The monoisotopic (exact) mass is 423 g/mol. The second kappa shape index (κ2) is 7.07. The van der Waals surface area contributed by atoms with E-state index < -0.39 is 48.6 Å². The van der Waals surface area contributed by atoms with Crippen LogP contribution in [0.5, 0.6) is 0 Å². The third-order valence-electron chi connectivity index (χ3n) is 5.07. The Morgan fingerprint density at radius 1 is 1.33 bits per heavy atom. The van der Waals surface area contributed by atoms with Gasteiger partial charge in [-0.25, -0.2) is 9.48 Å². The van der Waals surface area contributed by atoms with Gasteiger partial charge in [0.2, 0.25) is 17.6 Å². The summed E-state index contributed by atoms with van der Waals surface area (Å²) in [4.78, 5) is 33.3. The number of carbonyl (C=O) groups is 1. The number of hydrogen-bond donors (Lipinski definition) is 0. The predicted molar refractivity (Wildman–Crippen MR) is 93.9 cm³/mol. The van der Waals surface area contributed by atoms with Crippen molar-refractivity contribution in [1.29, 1.82) is 0 Å². The molecule has 3 aromatic rings. The molecule has 0 radical (unpaired) electrons. The van der Waals surface area contributed by atoms with Crippen LogP contribution >= 0.6 is 0 Å². The van der Waals surface area contributed by atoms with Crippen LogP contribution in [0.2, 0.25) is 0 Å². The molecule has 30 heavy (non-hydrogen) atoms. The third-order valence-corrected chi connectivity index (χ3v) is 5.07. The number of aryl methyl sites for hydroxylation is 1. The number of hydrogen-bond acceptors (Lipinski definition) is 7. The topological polar surface area (TPSA) is 112 Å². The Kier molecular flexibility index (Phi) is 4.67. The van der Waals surface area contributed by atoms with E-state index in [9.17, 15) is 22.8 Å². The Labute approximate surface area is 166 Å². The molecule has 0 saturated carbocycles. The smallest absolute Gasteiger partial charge is 0.340 e. The molecule has 1 aliphatic rings. The highest BCUT2D eigenvalue weighted by molar-refractivity contribution is 5.76. The van der Waals surface area contributed by atoms with E-state index >= 15 is 0 Å². The molecule has 158 valence electrons. The number of nitrogens with zero attached hydrogens (tertiary/aromatic N) is 7. The first kappa shape index (κ1) is 19.8. The molecule has 1 saturated heterocycles. The number of alkyl halides is 3. The van der Waals surface area contributed by atoms with E-state index in [0.717, 1.165) is 14.1 Å². The van der Waals surface area contributed by atoms with Crippen molar-refractivity contribution < 1.29 is 22.5 Å². The Hall–Kier alpha value is -3.51. The van der Waals surface area contributed by atoms with Crippen molar-refractivity contribution in [3.05, 3.63) is 47.1 Å². The van der Waals surface area contributed by atoms with Gasteiger partial charge in [-0.1, -0.05) is 11.2 Å². The lowest BCUT2D eigenvalue weighted by atomic mass is 9.86. The molecule has 13 heteroatoms. The summed E-state index contributed by atoms with van der Waals surface area (Å²) in [5, 5.41) is 7.39. The normalized spacial score (nSPS) is 19.4. The number of pyridine rings is 1. The molecule has 1 unspecified atom stereocenters. The zero-order valence-electron chi connectivity index (χ0n) is 15.7. The molecule has 10 nitrogen and oxygen atoms in total. The molecular formula is C17H16F3N7O3. The molecular weight excluding hydrogens is 407 g/mol. The number of halogens is 3.